The van der Waals surface area contributed by atoms with E-state index < -0.39 is 0 Å². The average molecular weight is 177 g/mol. The van der Waals surface area contributed by atoms with Crippen molar-refractivity contribution < 1.29 is 4.79 Å². The fourth-order valence-electron chi connectivity index (χ4n) is 1.47. The third-order valence-electron chi connectivity index (χ3n) is 2.06. The van der Waals surface area contributed by atoms with E-state index in [1.807, 2.05) is 19.9 Å². The Bertz CT molecular complexity index is 294. The molecule has 1 aromatic rings. The lowest BCUT2D eigenvalue weighted by Gasteiger charge is -2.12. The van der Waals surface area contributed by atoms with Gasteiger partial charge >= 0.3 is 0 Å². The van der Waals surface area contributed by atoms with Gasteiger partial charge in [0.1, 0.15) is 0 Å². The van der Waals surface area contributed by atoms with Crippen LogP contribution in [0.4, 0.5) is 0 Å². The summed E-state index contributed by atoms with van der Waals surface area (Å²) in [6.45, 7) is 4.00. The molecule has 0 N–H and O–H groups in total. The van der Waals surface area contributed by atoms with Crippen LogP contribution in [0.2, 0.25) is 0 Å². The van der Waals surface area contributed by atoms with Gasteiger partial charge in [-0.3, -0.25) is 9.78 Å². The second-order valence-corrected chi connectivity index (χ2v) is 2.81. The molecule has 0 saturated heterocycles. The van der Waals surface area contributed by atoms with Gasteiger partial charge in [-0.05, 0) is 24.5 Å². The Morgan fingerprint density at radius 2 is 2.08 bits per heavy atom. The van der Waals surface area contributed by atoms with Gasteiger partial charge in [-0.25, -0.2) is 0 Å². The van der Waals surface area contributed by atoms with Gasteiger partial charge in [-0.1, -0.05) is 13.8 Å². The number of carbonyl (C=O) groups is 1. The van der Waals surface area contributed by atoms with Crippen LogP contribution in [0.25, 0.3) is 0 Å². The standard InChI is InChI=1S/C9H9NO.C2H6/c11-9-3-1-2-7-4-5-10-6-8(7)9;1-2/h4-6H,1-3H2;1-2H3. The van der Waals surface area contributed by atoms with E-state index in [9.17, 15) is 4.79 Å². The minimum Gasteiger partial charge on any atom is -0.294 e. The highest BCUT2D eigenvalue weighted by Gasteiger charge is 2.15. The molecule has 0 fully saturated rings. The second-order valence-electron chi connectivity index (χ2n) is 2.81. The fraction of sp³-hybridized carbons (Fsp3) is 0.455. The van der Waals surface area contributed by atoms with Crippen LogP contribution in [0.5, 0.6) is 0 Å². The Hall–Kier alpha value is -1.18. The summed E-state index contributed by atoms with van der Waals surface area (Å²) in [5.74, 6) is 0.249. The molecule has 0 amide bonds. The summed E-state index contributed by atoms with van der Waals surface area (Å²) in [6, 6.07) is 1.94. The topological polar surface area (TPSA) is 30.0 Å². The predicted octanol–water partition coefficient (Wildman–Crippen LogP) is 2.63. The van der Waals surface area contributed by atoms with E-state index >= 15 is 0 Å². The van der Waals surface area contributed by atoms with Gasteiger partial charge in [0.05, 0.1) is 0 Å². The van der Waals surface area contributed by atoms with Crippen LogP contribution in [0.3, 0.4) is 0 Å². The number of hydrogen-bond acceptors (Lipinski definition) is 2. The lowest BCUT2D eigenvalue weighted by molar-refractivity contribution is 0.0972. The van der Waals surface area contributed by atoms with Gasteiger partial charge < -0.3 is 0 Å². The molecule has 0 unspecified atom stereocenters. The summed E-state index contributed by atoms with van der Waals surface area (Å²) in [5.41, 5.74) is 2.00. The molecule has 0 bridgehead atoms. The number of pyridine rings is 1. The number of aromatic nitrogens is 1. The molecular weight excluding hydrogens is 162 g/mol. The van der Waals surface area contributed by atoms with Crippen molar-refractivity contribution in [1.82, 2.24) is 4.98 Å². The van der Waals surface area contributed by atoms with Crippen molar-refractivity contribution in [3.05, 3.63) is 29.6 Å². The molecule has 2 rings (SSSR count). The van der Waals surface area contributed by atoms with E-state index in [4.69, 9.17) is 0 Å². The zero-order valence-corrected chi connectivity index (χ0v) is 8.21. The normalized spacial score (nSPS) is 14.2. The summed E-state index contributed by atoms with van der Waals surface area (Å²) in [7, 11) is 0. The Balaban J connectivity index is 0.000000396. The molecule has 0 atom stereocenters. The molecule has 1 aromatic heterocycles. The van der Waals surface area contributed by atoms with Gasteiger partial charge in [-0.15, -0.1) is 0 Å². The van der Waals surface area contributed by atoms with E-state index in [2.05, 4.69) is 4.98 Å². The zero-order chi connectivity index (χ0) is 9.68. The molecule has 0 aliphatic heterocycles. The van der Waals surface area contributed by atoms with Crippen molar-refractivity contribution in [2.45, 2.75) is 33.1 Å². The molecule has 0 aromatic carbocycles. The lowest BCUT2D eigenvalue weighted by Crippen LogP contribution is -2.10. The largest absolute Gasteiger partial charge is 0.294 e. The van der Waals surface area contributed by atoms with Crippen LogP contribution < -0.4 is 0 Å². The first kappa shape index (κ1) is 9.90. The molecule has 0 radical (unpaired) electrons. The molecule has 2 heteroatoms. The van der Waals surface area contributed by atoms with E-state index in [1.54, 1.807) is 12.4 Å². The SMILES string of the molecule is CC.O=C1CCCc2ccncc21. The summed E-state index contributed by atoms with van der Waals surface area (Å²) < 4.78 is 0. The average Bonchev–Trinajstić information content (AvgIpc) is 2.22. The molecule has 0 saturated carbocycles. The molecule has 1 aliphatic carbocycles. The van der Waals surface area contributed by atoms with Gasteiger partial charge in [0.25, 0.3) is 0 Å². The Labute approximate surface area is 79.0 Å². The number of aryl methyl sites for hydroxylation is 1. The lowest BCUT2D eigenvalue weighted by atomic mass is 9.93. The first-order chi connectivity index (χ1) is 6.38. The molecule has 2 nitrogen and oxygen atoms in total. The van der Waals surface area contributed by atoms with E-state index in [0.717, 1.165) is 24.0 Å². The van der Waals surface area contributed by atoms with Crippen LogP contribution in [0.15, 0.2) is 18.5 Å². The monoisotopic (exact) mass is 177 g/mol. The van der Waals surface area contributed by atoms with Gasteiger partial charge in [0.2, 0.25) is 0 Å². The summed E-state index contributed by atoms with van der Waals surface area (Å²) in [6.07, 6.45) is 6.15. The molecule has 1 aliphatic rings. The molecular formula is C11H15NO. The molecule has 1 heterocycles. The quantitative estimate of drug-likeness (QED) is 0.609. The van der Waals surface area contributed by atoms with Crippen LogP contribution in [-0.4, -0.2) is 10.8 Å². The number of carbonyl (C=O) groups excluding carboxylic acids is 1. The molecule has 13 heavy (non-hydrogen) atoms. The van der Waals surface area contributed by atoms with Crippen LogP contribution in [0, 0.1) is 0 Å². The van der Waals surface area contributed by atoms with Crippen molar-refractivity contribution in [3.63, 3.8) is 0 Å². The summed E-state index contributed by atoms with van der Waals surface area (Å²) >= 11 is 0. The first-order valence-corrected chi connectivity index (χ1v) is 4.84. The van der Waals surface area contributed by atoms with Crippen LogP contribution in [0.1, 0.15) is 42.6 Å². The zero-order valence-electron chi connectivity index (χ0n) is 8.21. The first-order valence-electron chi connectivity index (χ1n) is 4.84. The maximum atomic E-state index is 11.2. The highest BCUT2D eigenvalue weighted by Crippen LogP contribution is 2.18. The number of Topliss-reactive ketones (excluding diaryl/α,β-unsaturated/α-hetero) is 1. The van der Waals surface area contributed by atoms with E-state index in [1.165, 1.54) is 0 Å². The Kier molecular flexibility index (Phi) is 3.62. The molecule has 0 spiro atoms. The highest BCUT2D eigenvalue weighted by molar-refractivity contribution is 5.98. The number of ketones is 1. The Morgan fingerprint density at radius 3 is 2.77 bits per heavy atom. The van der Waals surface area contributed by atoms with Crippen LogP contribution in [-0.2, 0) is 6.42 Å². The number of rotatable bonds is 0. The maximum absolute atomic E-state index is 11.2. The molecule has 70 valence electrons. The minimum atomic E-state index is 0.249. The summed E-state index contributed by atoms with van der Waals surface area (Å²) in [5, 5.41) is 0. The van der Waals surface area contributed by atoms with Crippen LogP contribution >= 0.6 is 0 Å². The van der Waals surface area contributed by atoms with Crippen molar-refractivity contribution in [1.29, 1.82) is 0 Å². The number of hydrogen-bond donors (Lipinski definition) is 0. The third kappa shape index (κ3) is 2.14. The van der Waals surface area contributed by atoms with Gasteiger partial charge in [0.15, 0.2) is 5.78 Å². The second kappa shape index (κ2) is 4.75. The van der Waals surface area contributed by atoms with E-state index in [0.29, 0.717) is 6.42 Å². The predicted molar refractivity (Wildman–Crippen MR) is 52.9 cm³/mol. The number of nitrogens with zero attached hydrogens (tertiary/aromatic N) is 1. The number of fused-ring (bicyclic) bond motifs is 1. The third-order valence-corrected chi connectivity index (χ3v) is 2.06. The smallest absolute Gasteiger partial charge is 0.164 e. The Morgan fingerprint density at radius 1 is 1.31 bits per heavy atom. The van der Waals surface area contributed by atoms with Crippen molar-refractivity contribution in [2.75, 3.05) is 0 Å². The van der Waals surface area contributed by atoms with Gasteiger partial charge in [-0.2, -0.15) is 0 Å². The van der Waals surface area contributed by atoms with Crippen molar-refractivity contribution in [2.24, 2.45) is 0 Å². The van der Waals surface area contributed by atoms with Crippen molar-refractivity contribution in [3.8, 4) is 0 Å². The van der Waals surface area contributed by atoms with Gasteiger partial charge in [0, 0.05) is 24.4 Å². The highest BCUT2D eigenvalue weighted by atomic mass is 16.1. The minimum absolute atomic E-state index is 0.249. The summed E-state index contributed by atoms with van der Waals surface area (Å²) in [4.78, 5) is 15.2. The van der Waals surface area contributed by atoms with E-state index in [-0.39, 0.29) is 5.78 Å². The fourth-order valence-corrected chi connectivity index (χ4v) is 1.47. The van der Waals surface area contributed by atoms with Crippen molar-refractivity contribution >= 4 is 5.78 Å². The maximum Gasteiger partial charge on any atom is 0.164 e.